The van der Waals surface area contributed by atoms with Gasteiger partial charge in [-0.15, -0.1) is 11.6 Å². The fourth-order valence-electron chi connectivity index (χ4n) is 1.34. The van der Waals surface area contributed by atoms with Crippen molar-refractivity contribution >= 4 is 23.2 Å². The molecule has 0 fully saturated rings. The van der Waals surface area contributed by atoms with Gasteiger partial charge in [-0.2, -0.15) is 0 Å². The average Bonchev–Trinajstić information content (AvgIpc) is 2.29. The van der Waals surface area contributed by atoms with E-state index in [-0.39, 0.29) is 5.91 Å². The molecule has 0 aliphatic carbocycles. The number of carbonyl (C=O) groups is 1. The molecule has 0 atom stereocenters. The van der Waals surface area contributed by atoms with Gasteiger partial charge in [-0.1, -0.05) is 32.0 Å². The number of halogens is 1. The first-order valence-electron chi connectivity index (χ1n) is 5.18. The lowest BCUT2D eigenvalue weighted by Gasteiger charge is -2.22. The highest BCUT2D eigenvalue weighted by atomic mass is 35.5. The third kappa shape index (κ3) is 2.96. The van der Waals surface area contributed by atoms with Gasteiger partial charge in [0.1, 0.15) is 4.87 Å². The van der Waals surface area contributed by atoms with Gasteiger partial charge >= 0.3 is 0 Å². The Morgan fingerprint density at radius 1 is 1.27 bits per heavy atom. The van der Waals surface area contributed by atoms with E-state index in [1.54, 1.807) is 0 Å². The summed E-state index contributed by atoms with van der Waals surface area (Å²) < 4.78 is 0. The molecule has 0 radical (unpaired) electrons. The van der Waals surface area contributed by atoms with E-state index < -0.39 is 4.87 Å². The summed E-state index contributed by atoms with van der Waals surface area (Å²) in [6.45, 7) is 3.84. The van der Waals surface area contributed by atoms with Gasteiger partial charge < -0.3 is 5.32 Å². The van der Waals surface area contributed by atoms with Gasteiger partial charge in [0.15, 0.2) is 0 Å². The van der Waals surface area contributed by atoms with Crippen LogP contribution in [0.15, 0.2) is 30.3 Å². The maximum Gasteiger partial charge on any atom is 0.245 e. The first-order valence-corrected chi connectivity index (χ1v) is 5.55. The largest absolute Gasteiger partial charge is 0.325 e. The quantitative estimate of drug-likeness (QED) is 0.782. The van der Waals surface area contributed by atoms with Crippen LogP contribution >= 0.6 is 11.6 Å². The number of hydrogen-bond donors (Lipinski definition) is 1. The van der Waals surface area contributed by atoms with Crippen LogP contribution in [0.3, 0.4) is 0 Å². The van der Waals surface area contributed by atoms with Crippen molar-refractivity contribution in [2.45, 2.75) is 31.6 Å². The Hall–Kier alpha value is -1.02. The zero-order valence-electron chi connectivity index (χ0n) is 9.09. The van der Waals surface area contributed by atoms with E-state index in [1.165, 1.54) is 0 Å². The lowest BCUT2D eigenvalue weighted by Crippen LogP contribution is -2.36. The molecular formula is C12H16ClNO. The van der Waals surface area contributed by atoms with Crippen molar-refractivity contribution in [2.75, 3.05) is 5.32 Å². The van der Waals surface area contributed by atoms with E-state index in [0.29, 0.717) is 12.8 Å². The number of amides is 1. The number of benzene rings is 1. The molecule has 0 saturated heterocycles. The molecule has 1 aromatic carbocycles. The second kappa shape index (κ2) is 5.17. The minimum Gasteiger partial charge on any atom is -0.325 e. The fraction of sp³-hybridized carbons (Fsp3) is 0.417. The highest BCUT2D eigenvalue weighted by Gasteiger charge is 2.31. The maximum absolute atomic E-state index is 11.9. The molecule has 0 aliphatic heterocycles. The summed E-state index contributed by atoms with van der Waals surface area (Å²) in [6, 6.07) is 9.36. The molecule has 0 heterocycles. The third-order valence-electron chi connectivity index (χ3n) is 2.56. The third-order valence-corrected chi connectivity index (χ3v) is 3.27. The number of rotatable bonds is 4. The number of anilines is 1. The molecule has 82 valence electrons. The minimum absolute atomic E-state index is 0.125. The van der Waals surface area contributed by atoms with Crippen molar-refractivity contribution in [2.24, 2.45) is 0 Å². The second-order valence-electron chi connectivity index (χ2n) is 3.49. The number of alkyl halides is 1. The Labute approximate surface area is 95.6 Å². The summed E-state index contributed by atoms with van der Waals surface area (Å²) in [5, 5.41) is 2.81. The van der Waals surface area contributed by atoms with Crippen LogP contribution in [-0.2, 0) is 4.79 Å². The zero-order chi connectivity index (χ0) is 11.3. The number of nitrogens with one attached hydrogen (secondary N) is 1. The van der Waals surface area contributed by atoms with E-state index in [4.69, 9.17) is 11.6 Å². The predicted octanol–water partition coefficient (Wildman–Crippen LogP) is 3.42. The lowest BCUT2D eigenvalue weighted by molar-refractivity contribution is -0.118. The highest BCUT2D eigenvalue weighted by molar-refractivity contribution is 6.36. The minimum atomic E-state index is -0.782. The molecule has 0 aromatic heterocycles. The van der Waals surface area contributed by atoms with Crippen molar-refractivity contribution < 1.29 is 4.79 Å². The summed E-state index contributed by atoms with van der Waals surface area (Å²) in [4.78, 5) is 11.1. The van der Waals surface area contributed by atoms with Gasteiger partial charge in [-0.3, -0.25) is 4.79 Å². The standard InChI is InChI=1S/C12H16ClNO/c1-3-12(13,4-2)11(15)14-10-8-6-5-7-9-10/h5-9H,3-4H2,1-2H3,(H,14,15). The van der Waals surface area contributed by atoms with Crippen molar-refractivity contribution in [3.05, 3.63) is 30.3 Å². The predicted molar refractivity (Wildman–Crippen MR) is 64.2 cm³/mol. The summed E-state index contributed by atoms with van der Waals surface area (Å²) in [5.74, 6) is -0.125. The molecule has 1 N–H and O–H groups in total. The fourth-order valence-corrected chi connectivity index (χ4v) is 1.38. The molecule has 2 nitrogen and oxygen atoms in total. The Morgan fingerprint density at radius 3 is 2.27 bits per heavy atom. The van der Waals surface area contributed by atoms with Crippen LogP contribution in [0.25, 0.3) is 0 Å². The van der Waals surface area contributed by atoms with Crippen LogP contribution in [0.5, 0.6) is 0 Å². The van der Waals surface area contributed by atoms with Crippen LogP contribution in [-0.4, -0.2) is 10.8 Å². The average molecular weight is 226 g/mol. The summed E-state index contributed by atoms with van der Waals surface area (Å²) in [5.41, 5.74) is 0.787. The lowest BCUT2D eigenvalue weighted by atomic mass is 10.0. The first-order chi connectivity index (χ1) is 7.12. The summed E-state index contributed by atoms with van der Waals surface area (Å²) in [6.07, 6.45) is 1.26. The topological polar surface area (TPSA) is 29.1 Å². The second-order valence-corrected chi connectivity index (χ2v) is 4.22. The first kappa shape index (κ1) is 12.1. The van der Waals surface area contributed by atoms with Gasteiger partial charge in [0.2, 0.25) is 5.91 Å². The van der Waals surface area contributed by atoms with E-state index in [1.807, 2.05) is 44.2 Å². The van der Waals surface area contributed by atoms with E-state index >= 15 is 0 Å². The van der Waals surface area contributed by atoms with Crippen molar-refractivity contribution in [1.82, 2.24) is 0 Å². The Kier molecular flexibility index (Phi) is 4.15. The number of hydrogen-bond acceptors (Lipinski definition) is 1. The highest BCUT2D eigenvalue weighted by Crippen LogP contribution is 2.25. The molecule has 0 spiro atoms. The van der Waals surface area contributed by atoms with E-state index in [2.05, 4.69) is 5.32 Å². The van der Waals surface area contributed by atoms with Crippen molar-refractivity contribution in [3.63, 3.8) is 0 Å². The van der Waals surface area contributed by atoms with Crippen LogP contribution in [0, 0.1) is 0 Å². The summed E-state index contributed by atoms with van der Waals surface area (Å²) >= 11 is 6.20. The molecule has 0 saturated carbocycles. The molecule has 3 heteroatoms. The van der Waals surface area contributed by atoms with Gasteiger partial charge in [-0.05, 0) is 25.0 Å². The number of para-hydroxylation sites is 1. The smallest absolute Gasteiger partial charge is 0.245 e. The van der Waals surface area contributed by atoms with Crippen LogP contribution in [0.2, 0.25) is 0 Å². The monoisotopic (exact) mass is 225 g/mol. The van der Waals surface area contributed by atoms with E-state index in [9.17, 15) is 4.79 Å². The van der Waals surface area contributed by atoms with Crippen LogP contribution in [0.4, 0.5) is 5.69 Å². The van der Waals surface area contributed by atoms with Gasteiger partial charge in [0.25, 0.3) is 0 Å². The van der Waals surface area contributed by atoms with Gasteiger partial charge in [0, 0.05) is 5.69 Å². The molecular weight excluding hydrogens is 210 g/mol. The van der Waals surface area contributed by atoms with Gasteiger partial charge in [0.05, 0.1) is 0 Å². The normalized spacial score (nSPS) is 11.1. The molecule has 0 aliphatic rings. The SMILES string of the molecule is CCC(Cl)(CC)C(=O)Nc1ccccc1. The maximum atomic E-state index is 11.9. The Balaban J connectivity index is 2.71. The molecule has 15 heavy (non-hydrogen) atoms. The Bertz CT molecular complexity index is 320. The van der Waals surface area contributed by atoms with Crippen LogP contribution < -0.4 is 5.32 Å². The molecule has 1 rings (SSSR count). The number of carbonyl (C=O) groups excluding carboxylic acids is 1. The summed E-state index contributed by atoms with van der Waals surface area (Å²) in [7, 11) is 0. The Morgan fingerprint density at radius 2 is 1.80 bits per heavy atom. The molecule has 0 bridgehead atoms. The van der Waals surface area contributed by atoms with Crippen molar-refractivity contribution in [1.29, 1.82) is 0 Å². The van der Waals surface area contributed by atoms with Crippen LogP contribution in [0.1, 0.15) is 26.7 Å². The molecule has 1 aromatic rings. The van der Waals surface area contributed by atoms with Gasteiger partial charge in [-0.25, -0.2) is 0 Å². The molecule has 1 amide bonds. The van der Waals surface area contributed by atoms with Crippen molar-refractivity contribution in [3.8, 4) is 0 Å². The zero-order valence-corrected chi connectivity index (χ0v) is 9.84. The van der Waals surface area contributed by atoms with E-state index in [0.717, 1.165) is 5.69 Å². The molecule has 0 unspecified atom stereocenters.